The lowest BCUT2D eigenvalue weighted by molar-refractivity contribution is 0.341. The van der Waals surface area contributed by atoms with Gasteiger partial charge in [0.25, 0.3) is 0 Å². The zero-order chi connectivity index (χ0) is 22.2. The van der Waals surface area contributed by atoms with Gasteiger partial charge in [0.05, 0.1) is 17.8 Å². The molecule has 1 N–H and O–H groups in total. The Bertz CT molecular complexity index is 1090. The van der Waals surface area contributed by atoms with Crippen LogP contribution in [0.3, 0.4) is 0 Å². The van der Waals surface area contributed by atoms with Gasteiger partial charge in [-0.25, -0.2) is 0 Å². The monoisotopic (exact) mass is 452 g/mol. The summed E-state index contributed by atoms with van der Waals surface area (Å²) in [4.78, 5) is 8.38. The largest absolute Gasteiger partial charge is 0.493 e. The molecule has 0 radical (unpaired) electrons. The Kier molecular flexibility index (Phi) is 6.07. The van der Waals surface area contributed by atoms with E-state index < -0.39 is 0 Å². The molecule has 0 spiro atoms. The Hall–Kier alpha value is -2.20. The van der Waals surface area contributed by atoms with Gasteiger partial charge >= 0.3 is 0 Å². The number of halogens is 1. The van der Waals surface area contributed by atoms with E-state index in [4.69, 9.17) is 25.7 Å². The smallest absolute Gasteiger partial charge is 0.175 e. The first-order valence-electron chi connectivity index (χ1n) is 12.1. The number of ether oxygens (including phenoxy) is 1. The van der Waals surface area contributed by atoms with E-state index >= 15 is 0 Å². The summed E-state index contributed by atoms with van der Waals surface area (Å²) in [6.07, 6.45) is 14.2. The van der Waals surface area contributed by atoms with Gasteiger partial charge in [0.1, 0.15) is 5.69 Å². The zero-order valence-corrected chi connectivity index (χ0v) is 20.1. The number of allylic oxidation sites excluding steroid dienone is 3. The first kappa shape index (κ1) is 21.6. The second kappa shape index (κ2) is 8.97. The normalized spacial score (nSPS) is 23.8. The molecule has 32 heavy (non-hydrogen) atoms. The number of nitrogens with one attached hydrogen (secondary N) is 1. The van der Waals surface area contributed by atoms with Crippen LogP contribution < -0.4 is 4.74 Å². The fourth-order valence-corrected chi connectivity index (χ4v) is 6.05. The number of fused-ring (bicyclic) bond motifs is 7. The molecule has 2 aliphatic heterocycles. The van der Waals surface area contributed by atoms with E-state index in [0.717, 1.165) is 35.7 Å². The fourth-order valence-electron chi connectivity index (χ4n) is 5.84. The maximum Gasteiger partial charge on any atom is 0.175 e. The molecule has 2 aromatic heterocycles. The highest BCUT2D eigenvalue weighted by Crippen LogP contribution is 2.56. The van der Waals surface area contributed by atoms with Crippen LogP contribution in [-0.4, -0.2) is 17.8 Å². The van der Waals surface area contributed by atoms with E-state index in [1.165, 1.54) is 55.4 Å². The highest BCUT2D eigenvalue weighted by atomic mass is 35.5. The molecule has 4 bridgehead atoms. The summed E-state index contributed by atoms with van der Waals surface area (Å²) in [6, 6.07) is 3.80. The number of nitrogens with zero attached hydrogens (tertiary/aromatic N) is 1. The molecule has 0 fully saturated rings. The number of hydrogen-bond acceptors (Lipinski definition) is 3. The molecule has 2 atom stereocenters. The Morgan fingerprint density at radius 1 is 1.16 bits per heavy atom. The average Bonchev–Trinajstić information content (AvgIpc) is 3.51. The standard InChI is InChI=1S/C27H33ClN2O2/c1-16(2)23-18-11-9-7-5-4-6-8-10-17-14-19(23)25(30-17)24(18)27-22(31-3)15-21(32-27)26-20(28)12-13-29-26/h12-16,18,23,29H,4-11H2,1-3H3/t18?,23-/m1/s1. The number of rotatable bonds is 4. The molecule has 5 heteroatoms. The Labute approximate surface area is 195 Å². The third-order valence-electron chi connectivity index (χ3n) is 7.29. The number of aromatic amines is 1. The van der Waals surface area contributed by atoms with Crippen molar-refractivity contribution < 1.29 is 9.15 Å². The lowest BCUT2D eigenvalue weighted by atomic mass is 9.77. The SMILES string of the molecule is COc1cc(-c2[nH]ccc2Cl)oc1C1=C2N=C3C=C2[C@H](C(C)C)C1CCCCCCCC3. The minimum atomic E-state index is 0.398. The van der Waals surface area contributed by atoms with E-state index in [9.17, 15) is 0 Å². The van der Waals surface area contributed by atoms with Gasteiger partial charge < -0.3 is 14.1 Å². The van der Waals surface area contributed by atoms with Gasteiger partial charge in [0.2, 0.25) is 0 Å². The average molecular weight is 453 g/mol. The summed E-state index contributed by atoms with van der Waals surface area (Å²) in [6.45, 7) is 4.69. The summed E-state index contributed by atoms with van der Waals surface area (Å²) >= 11 is 6.39. The van der Waals surface area contributed by atoms with Crippen molar-refractivity contribution in [1.82, 2.24) is 4.98 Å². The van der Waals surface area contributed by atoms with E-state index in [0.29, 0.717) is 28.5 Å². The fraction of sp³-hybridized carbons (Fsp3) is 0.519. The van der Waals surface area contributed by atoms with Crippen LogP contribution in [-0.2, 0) is 0 Å². The zero-order valence-electron chi connectivity index (χ0n) is 19.3. The van der Waals surface area contributed by atoms with Gasteiger partial charge in [-0.05, 0) is 54.7 Å². The number of hydrogen-bond donors (Lipinski definition) is 1. The van der Waals surface area contributed by atoms with Gasteiger partial charge in [-0.2, -0.15) is 0 Å². The first-order chi connectivity index (χ1) is 15.6. The van der Waals surface area contributed by atoms with Crippen molar-refractivity contribution in [3.63, 3.8) is 0 Å². The number of H-pyrrole nitrogens is 1. The molecule has 1 unspecified atom stereocenters. The van der Waals surface area contributed by atoms with Crippen molar-refractivity contribution >= 4 is 22.9 Å². The summed E-state index contributed by atoms with van der Waals surface area (Å²) in [7, 11) is 1.71. The minimum absolute atomic E-state index is 0.398. The maximum atomic E-state index is 6.50. The van der Waals surface area contributed by atoms with Crippen LogP contribution in [0.4, 0.5) is 0 Å². The van der Waals surface area contributed by atoms with Crippen LogP contribution in [0.1, 0.15) is 71.0 Å². The Morgan fingerprint density at radius 3 is 2.66 bits per heavy atom. The molecule has 170 valence electrons. The van der Waals surface area contributed by atoms with Crippen molar-refractivity contribution in [1.29, 1.82) is 0 Å². The maximum absolute atomic E-state index is 6.50. The molecule has 2 aromatic rings. The molecule has 0 saturated carbocycles. The molecule has 4 aliphatic rings. The molecule has 0 amide bonds. The highest BCUT2D eigenvalue weighted by Gasteiger charge is 2.44. The van der Waals surface area contributed by atoms with Gasteiger partial charge in [0, 0.05) is 23.5 Å². The van der Waals surface area contributed by atoms with Gasteiger partial charge in [0.15, 0.2) is 17.3 Å². The number of furan rings is 1. The molecule has 4 heterocycles. The van der Waals surface area contributed by atoms with E-state index in [2.05, 4.69) is 24.9 Å². The molecule has 6 rings (SSSR count). The molecule has 0 aromatic carbocycles. The number of methoxy groups -OCH3 is 1. The number of aromatic nitrogens is 1. The van der Waals surface area contributed by atoms with Gasteiger partial charge in [-0.1, -0.05) is 57.6 Å². The Morgan fingerprint density at radius 2 is 1.94 bits per heavy atom. The van der Waals surface area contributed by atoms with Crippen molar-refractivity contribution in [2.75, 3.05) is 7.11 Å². The van der Waals surface area contributed by atoms with Gasteiger partial charge in [-0.15, -0.1) is 0 Å². The summed E-state index contributed by atoms with van der Waals surface area (Å²) in [5, 5.41) is 0.647. The lowest BCUT2D eigenvalue weighted by Crippen LogP contribution is -2.19. The van der Waals surface area contributed by atoms with Crippen LogP contribution in [0, 0.1) is 17.8 Å². The van der Waals surface area contributed by atoms with E-state index in [1.807, 2.05) is 18.3 Å². The number of aliphatic imine (C=N–C) groups is 1. The lowest BCUT2D eigenvalue weighted by Gasteiger charge is -2.26. The van der Waals surface area contributed by atoms with Crippen molar-refractivity contribution in [2.45, 2.75) is 65.2 Å². The van der Waals surface area contributed by atoms with Crippen molar-refractivity contribution in [2.24, 2.45) is 22.7 Å². The predicted octanol–water partition coefficient (Wildman–Crippen LogP) is 8.07. The van der Waals surface area contributed by atoms with E-state index in [-0.39, 0.29) is 0 Å². The van der Waals surface area contributed by atoms with Crippen molar-refractivity contribution in [3.05, 3.63) is 46.5 Å². The van der Waals surface area contributed by atoms with Crippen molar-refractivity contribution in [3.8, 4) is 17.2 Å². The van der Waals surface area contributed by atoms with Crippen LogP contribution >= 0.6 is 11.6 Å². The molecule has 4 nitrogen and oxygen atoms in total. The quantitative estimate of drug-likeness (QED) is 0.509. The molecule has 2 aliphatic carbocycles. The highest BCUT2D eigenvalue weighted by molar-refractivity contribution is 6.33. The third-order valence-corrected chi connectivity index (χ3v) is 7.61. The Balaban J connectivity index is 1.65. The van der Waals surface area contributed by atoms with Crippen LogP contribution in [0.15, 0.2) is 45.1 Å². The van der Waals surface area contributed by atoms with Gasteiger partial charge in [-0.3, -0.25) is 4.99 Å². The van der Waals surface area contributed by atoms with Crippen LogP contribution in [0.5, 0.6) is 5.75 Å². The third kappa shape index (κ3) is 3.77. The molecular formula is C27H33ClN2O2. The summed E-state index contributed by atoms with van der Waals surface area (Å²) < 4.78 is 12.3. The minimum Gasteiger partial charge on any atom is -0.493 e. The van der Waals surface area contributed by atoms with Crippen LogP contribution in [0.25, 0.3) is 17.0 Å². The van der Waals surface area contributed by atoms with Crippen LogP contribution in [0.2, 0.25) is 5.02 Å². The first-order valence-corrected chi connectivity index (χ1v) is 12.5. The molecule has 0 saturated heterocycles. The summed E-state index contributed by atoms with van der Waals surface area (Å²) in [5.41, 5.74) is 5.80. The second-order valence-corrected chi connectivity index (χ2v) is 10.1. The van der Waals surface area contributed by atoms with E-state index in [1.54, 1.807) is 7.11 Å². The second-order valence-electron chi connectivity index (χ2n) is 9.71. The molecular weight excluding hydrogens is 420 g/mol. The predicted molar refractivity (Wildman–Crippen MR) is 131 cm³/mol. The topological polar surface area (TPSA) is 50.5 Å². The summed E-state index contributed by atoms with van der Waals surface area (Å²) in [5.74, 6) is 3.69.